The predicted molar refractivity (Wildman–Crippen MR) is 165 cm³/mol. The van der Waals surface area contributed by atoms with Gasteiger partial charge in [-0.1, -0.05) is 44.2 Å². The van der Waals surface area contributed by atoms with Crippen LogP contribution in [-0.2, 0) is 9.47 Å². The van der Waals surface area contributed by atoms with E-state index >= 15 is 0 Å². The number of guanidine groups is 1. The number of unbranched alkanes of at least 4 members (excludes halogenated alkanes) is 5. The Kier molecular flexibility index (Phi) is 11.9. The van der Waals surface area contributed by atoms with Crippen LogP contribution in [-0.4, -0.2) is 63.5 Å². The lowest BCUT2D eigenvalue weighted by molar-refractivity contribution is 0.0154. The Morgan fingerprint density at radius 1 is 1.07 bits per heavy atom. The minimum Gasteiger partial charge on any atom is -0.493 e. The number of alkyl halides is 2. The molecular formula is C32H47F2N5O6. The number of amides is 2. The van der Waals surface area contributed by atoms with Gasteiger partial charge in [0, 0.05) is 12.0 Å². The van der Waals surface area contributed by atoms with Gasteiger partial charge in [-0.15, -0.1) is 4.99 Å². The van der Waals surface area contributed by atoms with Crippen LogP contribution >= 0.6 is 0 Å². The lowest BCUT2D eigenvalue weighted by atomic mass is 10.1. The van der Waals surface area contributed by atoms with Gasteiger partial charge in [-0.05, 0) is 78.6 Å². The standard InChI is InChI=1S/C32H47F2N5O6/c1-9-10-11-12-13-14-17-42-24-16-15-22(18-21(24)2)25-35-26(45-38-25)23-19-32(33,34)20-39(23)27(36-28(40)43-30(3,4)5)37-29(41)44-31(6,7)8/h15-16,18,23H,9-14,17,19-20H2,1-8H3,(H,36,37,40,41)/t23-/m0/s1. The smallest absolute Gasteiger partial charge is 0.437 e. The van der Waals surface area contributed by atoms with Gasteiger partial charge in [0.25, 0.3) is 5.92 Å². The van der Waals surface area contributed by atoms with Crippen molar-refractivity contribution in [1.82, 2.24) is 20.4 Å². The van der Waals surface area contributed by atoms with Crippen LogP contribution in [0.4, 0.5) is 18.4 Å². The Morgan fingerprint density at radius 2 is 1.73 bits per heavy atom. The minimum atomic E-state index is -3.23. The molecule has 1 aliphatic heterocycles. The molecule has 0 radical (unpaired) electrons. The number of hydrogen-bond acceptors (Lipinski definition) is 8. The minimum absolute atomic E-state index is 0.133. The molecule has 1 atom stereocenters. The van der Waals surface area contributed by atoms with Gasteiger partial charge in [0.2, 0.25) is 17.7 Å². The zero-order valence-corrected chi connectivity index (χ0v) is 27.7. The molecule has 3 rings (SSSR count). The van der Waals surface area contributed by atoms with E-state index in [0.717, 1.165) is 29.1 Å². The van der Waals surface area contributed by atoms with Crippen LogP contribution in [0.3, 0.4) is 0 Å². The van der Waals surface area contributed by atoms with Crippen molar-refractivity contribution in [2.24, 2.45) is 4.99 Å². The lowest BCUT2D eigenvalue weighted by Crippen LogP contribution is -2.47. The van der Waals surface area contributed by atoms with Crippen molar-refractivity contribution < 1.29 is 37.1 Å². The summed E-state index contributed by atoms with van der Waals surface area (Å²) < 4.78 is 51.7. The molecule has 0 unspecified atom stereocenters. The highest BCUT2D eigenvalue weighted by atomic mass is 19.3. The molecule has 0 bridgehead atoms. The highest BCUT2D eigenvalue weighted by molar-refractivity contribution is 5.99. The molecule has 2 aromatic rings. The summed E-state index contributed by atoms with van der Waals surface area (Å²) in [4.78, 5) is 34.5. The van der Waals surface area contributed by atoms with Crippen LogP contribution in [0.5, 0.6) is 5.75 Å². The van der Waals surface area contributed by atoms with E-state index < -0.39 is 54.3 Å². The first-order valence-corrected chi connectivity index (χ1v) is 15.5. The summed E-state index contributed by atoms with van der Waals surface area (Å²) in [6.07, 6.45) is 4.22. The predicted octanol–water partition coefficient (Wildman–Crippen LogP) is 7.98. The highest BCUT2D eigenvalue weighted by Gasteiger charge is 2.50. The summed E-state index contributed by atoms with van der Waals surface area (Å²) in [5, 5.41) is 6.36. The average molecular weight is 636 g/mol. The van der Waals surface area contributed by atoms with Crippen LogP contribution in [0.2, 0.25) is 0 Å². The van der Waals surface area contributed by atoms with Crippen LogP contribution in [0.15, 0.2) is 27.7 Å². The van der Waals surface area contributed by atoms with Gasteiger partial charge < -0.3 is 23.6 Å². The Bertz CT molecular complexity index is 1330. The fourth-order valence-electron chi connectivity index (χ4n) is 4.69. The van der Waals surface area contributed by atoms with E-state index in [1.54, 1.807) is 47.6 Å². The number of benzene rings is 1. The number of carbonyl (C=O) groups excluding carboxylic acids is 2. The Balaban J connectivity index is 1.81. The van der Waals surface area contributed by atoms with Crippen molar-refractivity contribution >= 4 is 18.1 Å². The number of likely N-dealkylation sites (tertiary alicyclic amines) is 1. The first-order chi connectivity index (χ1) is 21.0. The fraction of sp³-hybridized carbons (Fsp3) is 0.656. The van der Waals surface area contributed by atoms with E-state index in [4.69, 9.17) is 18.7 Å². The third kappa shape index (κ3) is 11.6. The molecule has 1 fully saturated rings. The van der Waals surface area contributed by atoms with E-state index in [2.05, 4.69) is 27.4 Å². The van der Waals surface area contributed by atoms with E-state index in [1.165, 1.54) is 25.7 Å². The Morgan fingerprint density at radius 3 is 2.38 bits per heavy atom. The number of halogens is 2. The van der Waals surface area contributed by atoms with E-state index in [-0.39, 0.29) is 11.7 Å². The second kappa shape index (κ2) is 15.0. The van der Waals surface area contributed by atoms with Crippen LogP contribution in [0.25, 0.3) is 11.4 Å². The summed E-state index contributed by atoms with van der Waals surface area (Å²) in [5.41, 5.74) is -0.336. The maximum absolute atomic E-state index is 14.9. The number of rotatable bonds is 10. The molecule has 0 spiro atoms. The van der Waals surface area contributed by atoms with Crippen LogP contribution < -0.4 is 10.1 Å². The monoisotopic (exact) mass is 635 g/mol. The molecular weight excluding hydrogens is 588 g/mol. The summed E-state index contributed by atoms with van der Waals surface area (Å²) >= 11 is 0. The van der Waals surface area contributed by atoms with Gasteiger partial charge in [0.15, 0.2) is 0 Å². The molecule has 1 N–H and O–H groups in total. The summed E-state index contributed by atoms with van der Waals surface area (Å²) in [7, 11) is 0. The Labute approximate surface area is 264 Å². The number of nitrogens with zero attached hydrogens (tertiary/aromatic N) is 4. The van der Waals surface area contributed by atoms with Crippen LogP contribution in [0, 0.1) is 6.92 Å². The van der Waals surface area contributed by atoms with E-state index in [9.17, 15) is 18.4 Å². The highest BCUT2D eigenvalue weighted by Crippen LogP contribution is 2.41. The molecule has 11 nitrogen and oxygen atoms in total. The summed E-state index contributed by atoms with van der Waals surface area (Å²) in [6.45, 7) is 13.6. The van der Waals surface area contributed by atoms with Crippen molar-refractivity contribution in [3.8, 4) is 17.1 Å². The Hall–Kier alpha value is -3.77. The topological polar surface area (TPSA) is 128 Å². The molecule has 2 heterocycles. The molecule has 1 saturated heterocycles. The van der Waals surface area contributed by atoms with Crippen molar-refractivity contribution in [1.29, 1.82) is 0 Å². The number of carbonyl (C=O) groups is 2. The number of ether oxygens (including phenoxy) is 3. The number of aliphatic imine (C=N–C) groups is 1. The maximum atomic E-state index is 14.9. The van der Waals surface area contributed by atoms with E-state index in [0.29, 0.717) is 12.2 Å². The van der Waals surface area contributed by atoms with Crippen LogP contribution in [0.1, 0.15) is 111 Å². The van der Waals surface area contributed by atoms with Crippen molar-refractivity contribution in [2.75, 3.05) is 13.2 Å². The van der Waals surface area contributed by atoms with Gasteiger partial charge in [0.05, 0.1) is 13.2 Å². The van der Waals surface area contributed by atoms with Gasteiger partial charge in [-0.2, -0.15) is 4.98 Å². The number of alkyl carbamates (subject to hydrolysis) is 1. The quantitative estimate of drug-likeness (QED) is 0.157. The normalized spacial score (nSPS) is 16.9. The second-order valence-electron chi connectivity index (χ2n) is 13.3. The molecule has 1 aliphatic rings. The maximum Gasteiger partial charge on any atom is 0.437 e. The second-order valence-corrected chi connectivity index (χ2v) is 13.3. The van der Waals surface area contributed by atoms with Gasteiger partial charge >= 0.3 is 12.2 Å². The van der Waals surface area contributed by atoms with Crippen molar-refractivity contribution in [3.05, 3.63) is 29.7 Å². The molecule has 45 heavy (non-hydrogen) atoms. The molecule has 0 saturated carbocycles. The van der Waals surface area contributed by atoms with Crippen molar-refractivity contribution in [3.63, 3.8) is 0 Å². The molecule has 250 valence electrons. The average Bonchev–Trinajstić information content (AvgIpc) is 3.50. The van der Waals surface area contributed by atoms with Gasteiger partial charge in [0.1, 0.15) is 23.0 Å². The molecule has 1 aromatic heterocycles. The first-order valence-electron chi connectivity index (χ1n) is 15.5. The number of aryl methyl sites for hydroxylation is 1. The first kappa shape index (κ1) is 35.7. The molecule has 2 amide bonds. The van der Waals surface area contributed by atoms with Gasteiger partial charge in [-0.3, -0.25) is 5.32 Å². The number of nitrogens with one attached hydrogen (secondary N) is 1. The number of hydrogen-bond donors (Lipinski definition) is 1. The molecule has 0 aliphatic carbocycles. The van der Waals surface area contributed by atoms with Crippen molar-refractivity contribution in [2.45, 2.75) is 124 Å². The third-order valence-corrected chi connectivity index (χ3v) is 6.66. The zero-order valence-electron chi connectivity index (χ0n) is 27.7. The largest absolute Gasteiger partial charge is 0.493 e. The summed E-state index contributed by atoms with van der Waals surface area (Å²) in [5.74, 6) is -2.91. The SMILES string of the molecule is CCCCCCCCOc1ccc(-c2noc([C@@H]3CC(F)(F)CN3C(=NC(=O)OC(C)(C)C)NC(=O)OC(C)(C)C)n2)cc1C. The molecule has 13 heteroatoms. The summed E-state index contributed by atoms with van der Waals surface area (Å²) in [6, 6.07) is 4.23. The molecule has 1 aromatic carbocycles. The third-order valence-electron chi connectivity index (χ3n) is 6.66. The number of aromatic nitrogens is 2. The van der Waals surface area contributed by atoms with E-state index in [1.807, 2.05) is 19.1 Å². The van der Waals surface area contributed by atoms with Gasteiger partial charge in [-0.25, -0.2) is 18.4 Å². The fourth-order valence-corrected chi connectivity index (χ4v) is 4.69. The zero-order chi connectivity index (χ0) is 33.4. The lowest BCUT2D eigenvalue weighted by Gasteiger charge is -2.27.